The van der Waals surface area contributed by atoms with Crippen LogP contribution in [-0.2, 0) is 14.8 Å². The molecule has 0 unspecified atom stereocenters. The van der Waals surface area contributed by atoms with Gasteiger partial charge in [-0.2, -0.15) is 5.10 Å². The number of aryl methyl sites for hydroxylation is 1. The topological polar surface area (TPSA) is 97.3 Å². The number of methoxy groups -OCH3 is 1. The molecule has 8 nitrogen and oxygen atoms in total. The van der Waals surface area contributed by atoms with E-state index in [4.69, 9.17) is 9.47 Å². The number of anilines is 1. The summed E-state index contributed by atoms with van der Waals surface area (Å²) in [6, 6.07) is 20.4. The number of hydrogen-bond acceptors (Lipinski definition) is 6. The maximum atomic E-state index is 13.5. The van der Waals surface area contributed by atoms with Gasteiger partial charge in [-0.3, -0.25) is 9.10 Å². The van der Waals surface area contributed by atoms with Crippen molar-refractivity contribution in [2.24, 2.45) is 5.10 Å². The Kier molecular flexibility index (Phi) is 9.46. The van der Waals surface area contributed by atoms with Crippen molar-refractivity contribution >= 4 is 27.8 Å². The van der Waals surface area contributed by atoms with E-state index >= 15 is 0 Å². The summed E-state index contributed by atoms with van der Waals surface area (Å²) in [6.45, 7) is 4.11. The molecule has 0 fully saturated rings. The van der Waals surface area contributed by atoms with Gasteiger partial charge in [-0.05, 0) is 73.0 Å². The quantitative estimate of drug-likeness (QED) is 0.220. The smallest absolute Gasteiger partial charge is 0.264 e. The molecule has 0 spiro atoms. The molecule has 9 heteroatoms. The van der Waals surface area contributed by atoms with Gasteiger partial charge in [0, 0.05) is 0 Å². The minimum atomic E-state index is -4.06. The molecule has 0 aliphatic heterocycles. The third kappa shape index (κ3) is 7.08. The van der Waals surface area contributed by atoms with Gasteiger partial charge in [0.25, 0.3) is 15.9 Å². The fraction of sp³-hybridized carbons (Fsp3) is 0.259. The largest absolute Gasteiger partial charge is 0.495 e. The SMILES string of the molecule is CCCCOc1ccc(/C=N\NC(=O)CN(c2cc(C)ccc2OC)S(=O)(=O)c2ccccc2)cc1. The molecule has 190 valence electrons. The average molecular weight is 510 g/mol. The number of benzene rings is 3. The van der Waals surface area contributed by atoms with Crippen molar-refractivity contribution in [3.63, 3.8) is 0 Å². The van der Waals surface area contributed by atoms with E-state index in [1.165, 1.54) is 25.5 Å². The van der Waals surface area contributed by atoms with E-state index in [1.807, 2.05) is 31.2 Å². The van der Waals surface area contributed by atoms with Crippen molar-refractivity contribution in [1.29, 1.82) is 0 Å². The highest BCUT2D eigenvalue weighted by Crippen LogP contribution is 2.33. The van der Waals surface area contributed by atoms with Crippen molar-refractivity contribution < 1.29 is 22.7 Å². The van der Waals surface area contributed by atoms with E-state index in [9.17, 15) is 13.2 Å². The van der Waals surface area contributed by atoms with Crippen molar-refractivity contribution in [3.8, 4) is 11.5 Å². The zero-order valence-corrected chi connectivity index (χ0v) is 21.5. The number of carbonyl (C=O) groups excluding carboxylic acids is 1. The molecular weight excluding hydrogens is 478 g/mol. The average Bonchev–Trinajstić information content (AvgIpc) is 2.89. The molecular formula is C27H31N3O5S. The van der Waals surface area contributed by atoms with Crippen LogP contribution in [0.25, 0.3) is 0 Å². The molecule has 1 N–H and O–H groups in total. The number of nitrogens with one attached hydrogen (secondary N) is 1. The van der Waals surface area contributed by atoms with Crippen LogP contribution in [-0.4, -0.2) is 40.8 Å². The van der Waals surface area contributed by atoms with Crippen LogP contribution in [0.15, 0.2) is 82.8 Å². The highest BCUT2D eigenvalue weighted by molar-refractivity contribution is 7.92. The zero-order valence-electron chi connectivity index (χ0n) is 20.7. The maximum Gasteiger partial charge on any atom is 0.264 e. The summed E-state index contributed by atoms with van der Waals surface area (Å²) in [5.41, 5.74) is 4.25. The lowest BCUT2D eigenvalue weighted by Gasteiger charge is -2.25. The van der Waals surface area contributed by atoms with Crippen LogP contribution in [0.1, 0.15) is 30.9 Å². The Hall–Kier alpha value is -3.85. The standard InChI is InChI=1S/C27H31N3O5S/c1-4-5-17-35-23-14-12-22(13-15-23)19-28-29-27(31)20-30(25-18-21(2)11-16-26(25)34-3)36(32,33)24-9-7-6-8-10-24/h6-16,18-19H,4-5,17,20H2,1-3H3,(H,29,31)/b28-19-. The van der Waals surface area contributed by atoms with Crippen molar-refractivity contribution in [1.82, 2.24) is 5.43 Å². The lowest BCUT2D eigenvalue weighted by molar-refractivity contribution is -0.119. The Labute approximate surface area is 212 Å². The van der Waals surface area contributed by atoms with Gasteiger partial charge in [0.1, 0.15) is 18.0 Å². The predicted molar refractivity (Wildman–Crippen MR) is 141 cm³/mol. The molecule has 3 rings (SSSR count). The maximum absolute atomic E-state index is 13.5. The minimum Gasteiger partial charge on any atom is -0.495 e. The van der Waals surface area contributed by atoms with E-state index in [0.717, 1.165) is 34.0 Å². The molecule has 0 aromatic heterocycles. The third-order valence-corrected chi connectivity index (χ3v) is 7.05. The Morgan fingerprint density at radius 3 is 2.44 bits per heavy atom. The second-order valence-electron chi connectivity index (χ2n) is 8.06. The van der Waals surface area contributed by atoms with Gasteiger partial charge in [0.15, 0.2) is 0 Å². The van der Waals surface area contributed by atoms with Crippen LogP contribution in [0.4, 0.5) is 5.69 Å². The van der Waals surface area contributed by atoms with E-state index in [0.29, 0.717) is 12.4 Å². The monoisotopic (exact) mass is 509 g/mol. The molecule has 0 bridgehead atoms. The first-order chi connectivity index (χ1) is 17.3. The Balaban J connectivity index is 1.77. The van der Waals surface area contributed by atoms with Crippen molar-refractivity contribution in [2.45, 2.75) is 31.6 Å². The molecule has 36 heavy (non-hydrogen) atoms. The van der Waals surface area contributed by atoms with Gasteiger partial charge in [-0.25, -0.2) is 13.8 Å². The van der Waals surface area contributed by atoms with Crippen LogP contribution in [0.2, 0.25) is 0 Å². The summed E-state index contributed by atoms with van der Waals surface area (Å²) < 4.78 is 39.1. The molecule has 3 aromatic carbocycles. The summed E-state index contributed by atoms with van der Waals surface area (Å²) in [5.74, 6) is 0.491. The number of rotatable bonds is 12. The third-order valence-electron chi connectivity index (χ3n) is 5.27. The Morgan fingerprint density at radius 1 is 1.06 bits per heavy atom. The summed E-state index contributed by atoms with van der Waals surface area (Å²) in [5, 5.41) is 3.99. The molecule has 3 aromatic rings. The van der Waals surface area contributed by atoms with Crippen LogP contribution in [0, 0.1) is 6.92 Å². The van der Waals surface area contributed by atoms with Gasteiger partial charge in [-0.15, -0.1) is 0 Å². The fourth-order valence-corrected chi connectivity index (χ4v) is 4.79. The van der Waals surface area contributed by atoms with E-state index in [-0.39, 0.29) is 10.6 Å². The predicted octanol–water partition coefficient (Wildman–Crippen LogP) is 4.53. The number of nitrogens with zero attached hydrogens (tertiary/aromatic N) is 2. The zero-order chi connectivity index (χ0) is 26.0. The van der Waals surface area contributed by atoms with Gasteiger partial charge in [-0.1, -0.05) is 37.6 Å². The van der Waals surface area contributed by atoms with Gasteiger partial charge >= 0.3 is 0 Å². The molecule has 0 aliphatic rings. The molecule has 0 atom stereocenters. The summed E-state index contributed by atoms with van der Waals surface area (Å²) >= 11 is 0. The second kappa shape index (κ2) is 12.7. The number of unbranched alkanes of at least 4 members (excludes halogenated alkanes) is 1. The first-order valence-electron chi connectivity index (χ1n) is 11.6. The fourth-order valence-electron chi connectivity index (χ4n) is 3.34. The summed E-state index contributed by atoms with van der Waals surface area (Å²) in [4.78, 5) is 12.8. The first-order valence-corrected chi connectivity index (χ1v) is 13.1. The highest BCUT2D eigenvalue weighted by Gasteiger charge is 2.29. The lowest BCUT2D eigenvalue weighted by atomic mass is 10.2. The van der Waals surface area contributed by atoms with E-state index < -0.39 is 22.5 Å². The van der Waals surface area contributed by atoms with Crippen LogP contribution < -0.4 is 19.2 Å². The van der Waals surface area contributed by atoms with Crippen molar-refractivity contribution in [2.75, 3.05) is 24.6 Å². The van der Waals surface area contributed by atoms with Gasteiger partial charge in [0.2, 0.25) is 0 Å². The van der Waals surface area contributed by atoms with E-state index in [2.05, 4.69) is 17.5 Å². The van der Waals surface area contributed by atoms with Crippen LogP contribution in [0.5, 0.6) is 11.5 Å². The molecule has 0 saturated carbocycles. The second-order valence-corrected chi connectivity index (χ2v) is 9.93. The molecule has 0 aliphatic carbocycles. The first kappa shape index (κ1) is 26.7. The Morgan fingerprint density at radius 2 is 1.78 bits per heavy atom. The molecule has 0 heterocycles. The Bertz CT molecular complexity index is 1280. The number of sulfonamides is 1. The van der Waals surface area contributed by atoms with Gasteiger partial charge in [0.05, 0.1) is 30.5 Å². The van der Waals surface area contributed by atoms with Crippen LogP contribution in [0.3, 0.4) is 0 Å². The number of ether oxygens (including phenoxy) is 2. The summed E-state index contributed by atoms with van der Waals surface area (Å²) in [6.07, 6.45) is 3.53. The normalized spacial score (nSPS) is 11.3. The highest BCUT2D eigenvalue weighted by atomic mass is 32.2. The summed E-state index contributed by atoms with van der Waals surface area (Å²) in [7, 11) is -2.61. The number of carbonyl (C=O) groups is 1. The molecule has 0 saturated heterocycles. The number of hydrazone groups is 1. The van der Waals surface area contributed by atoms with E-state index in [1.54, 1.807) is 36.4 Å². The van der Waals surface area contributed by atoms with Gasteiger partial charge < -0.3 is 9.47 Å². The minimum absolute atomic E-state index is 0.0612. The number of amides is 1. The molecule has 0 radical (unpaired) electrons. The molecule has 1 amide bonds. The number of hydrogen-bond donors (Lipinski definition) is 1. The van der Waals surface area contributed by atoms with Crippen LogP contribution >= 0.6 is 0 Å². The van der Waals surface area contributed by atoms with Crippen molar-refractivity contribution in [3.05, 3.63) is 83.9 Å². The lowest BCUT2D eigenvalue weighted by Crippen LogP contribution is -2.39.